The molecule has 2 aromatic rings. The summed E-state index contributed by atoms with van der Waals surface area (Å²) in [7, 11) is 0. The lowest BCUT2D eigenvalue weighted by atomic mass is 10.1. The molecule has 0 saturated carbocycles. The van der Waals surface area contributed by atoms with Crippen molar-refractivity contribution >= 4 is 35.4 Å². The van der Waals surface area contributed by atoms with Crippen LogP contribution in [-0.4, -0.2) is 42.4 Å². The number of carbonyl (C=O) groups is 5. The minimum absolute atomic E-state index is 0.120. The number of rotatable bonds is 5. The second kappa shape index (κ2) is 8.56. The van der Waals surface area contributed by atoms with E-state index in [1.165, 1.54) is 24.3 Å². The van der Waals surface area contributed by atoms with Crippen LogP contribution in [0.1, 0.15) is 44.9 Å². The number of amides is 5. The van der Waals surface area contributed by atoms with E-state index in [0.29, 0.717) is 16.8 Å². The lowest BCUT2D eigenvalue weighted by Gasteiger charge is -2.14. The van der Waals surface area contributed by atoms with Gasteiger partial charge in [-0.3, -0.25) is 19.7 Å². The Morgan fingerprint density at radius 2 is 1.50 bits per heavy atom. The number of hydrogen-bond donors (Lipinski definition) is 2. The largest absolute Gasteiger partial charge is 0.452 e. The molecule has 2 N–H and O–H groups in total. The minimum Gasteiger partial charge on any atom is -0.452 e. The third-order valence-corrected chi connectivity index (χ3v) is 4.16. The summed E-state index contributed by atoms with van der Waals surface area (Å²) in [5, 5.41) is 4.50. The molecule has 0 aromatic heterocycles. The first-order valence-electron chi connectivity index (χ1n) is 9.13. The normalized spacial score (nSPS) is 12.6. The zero-order valence-electron chi connectivity index (χ0n) is 16.3. The predicted molar refractivity (Wildman–Crippen MR) is 106 cm³/mol. The maximum absolute atomic E-state index is 12.5. The van der Waals surface area contributed by atoms with Gasteiger partial charge in [0.15, 0.2) is 6.61 Å². The molecule has 0 unspecified atom stereocenters. The molecule has 0 bridgehead atoms. The Balaban J connectivity index is 1.60. The Labute approximate surface area is 172 Å². The number of benzene rings is 2. The van der Waals surface area contributed by atoms with Crippen LogP contribution >= 0.6 is 0 Å². The number of carbonyl (C=O) groups excluding carboxylic acids is 5. The zero-order valence-corrected chi connectivity index (χ0v) is 16.3. The lowest BCUT2D eigenvalue weighted by molar-refractivity contribution is -0.123. The Morgan fingerprint density at radius 1 is 0.933 bits per heavy atom. The molecule has 9 nitrogen and oxygen atoms in total. The van der Waals surface area contributed by atoms with Gasteiger partial charge in [-0.1, -0.05) is 12.1 Å². The third-order valence-electron chi connectivity index (χ3n) is 4.16. The van der Waals surface area contributed by atoms with Crippen molar-refractivity contribution in [2.75, 3.05) is 11.5 Å². The average molecular weight is 409 g/mol. The number of hydrogen-bond acceptors (Lipinski definition) is 6. The molecular weight excluding hydrogens is 390 g/mol. The number of nitrogens with one attached hydrogen (secondary N) is 2. The molecule has 0 spiro atoms. The van der Waals surface area contributed by atoms with Crippen molar-refractivity contribution in [2.24, 2.45) is 0 Å². The minimum atomic E-state index is -0.789. The van der Waals surface area contributed by atoms with Gasteiger partial charge in [-0.2, -0.15) is 0 Å². The van der Waals surface area contributed by atoms with Crippen LogP contribution in [0.15, 0.2) is 48.5 Å². The average Bonchev–Trinajstić information content (AvgIpc) is 2.96. The molecule has 154 valence electrons. The van der Waals surface area contributed by atoms with Crippen molar-refractivity contribution < 1.29 is 28.7 Å². The number of nitrogens with zero attached hydrogens (tertiary/aromatic N) is 1. The molecule has 1 aliphatic heterocycles. The summed E-state index contributed by atoms with van der Waals surface area (Å²) in [6.45, 7) is 2.83. The van der Waals surface area contributed by atoms with Crippen LogP contribution in [0.3, 0.4) is 0 Å². The van der Waals surface area contributed by atoms with E-state index in [0.717, 1.165) is 4.90 Å². The summed E-state index contributed by atoms with van der Waals surface area (Å²) in [5.41, 5.74) is 1.06. The maximum atomic E-state index is 12.5. The zero-order chi connectivity index (χ0) is 21.8. The van der Waals surface area contributed by atoms with E-state index in [1.807, 2.05) is 5.32 Å². The highest BCUT2D eigenvalue weighted by Gasteiger charge is 2.36. The molecule has 0 saturated heterocycles. The summed E-state index contributed by atoms with van der Waals surface area (Å²) in [6.07, 6.45) is 0. The monoisotopic (exact) mass is 409 g/mol. The van der Waals surface area contributed by atoms with Crippen LogP contribution in [0, 0.1) is 0 Å². The van der Waals surface area contributed by atoms with E-state index >= 15 is 0 Å². The topological polar surface area (TPSA) is 122 Å². The van der Waals surface area contributed by atoms with Gasteiger partial charge in [-0.05, 0) is 50.2 Å². The van der Waals surface area contributed by atoms with Gasteiger partial charge in [0, 0.05) is 6.04 Å². The molecule has 0 fully saturated rings. The number of esters is 1. The third kappa shape index (κ3) is 4.35. The van der Waals surface area contributed by atoms with Gasteiger partial charge in [0.1, 0.15) is 0 Å². The molecule has 2 aromatic carbocycles. The van der Waals surface area contributed by atoms with E-state index in [2.05, 4.69) is 5.32 Å². The quantitative estimate of drug-likeness (QED) is 0.574. The number of ether oxygens (including phenoxy) is 1. The molecule has 5 amide bonds. The van der Waals surface area contributed by atoms with Gasteiger partial charge in [-0.25, -0.2) is 14.5 Å². The highest BCUT2D eigenvalue weighted by atomic mass is 16.5. The number of urea groups is 1. The van der Waals surface area contributed by atoms with Gasteiger partial charge in [0.25, 0.3) is 17.7 Å². The van der Waals surface area contributed by atoms with Crippen LogP contribution in [0.25, 0.3) is 0 Å². The summed E-state index contributed by atoms with van der Waals surface area (Å²) < 4.78 is 4.88. The molecule has 0 atom stereocenters. The highest BCUT2D eigenvalue weighted by molar-refractivity contribution is 6.34. The molecule has 0 aliphatic carbocycles. The SMILES string of the molecule is CC(C)NC(=O)NC(=O)COC(=O)c1ccc(N2C(=O)c3ccccc3C2=O)cc1. The van der Waals surface area contributed by atoms with Crippen LogP contribution in [-0.2, 0) is 9.53 Å². The Kier molecular flexibility index (Phi) is 5.91. The van der Waals surface area contributed by atoms with Crippen molar-refractivity contribution in [1.29, 1.82) is 0 Å². The maximum Gasteiger partial charge on any atom is 0.338 e. The second-order valence-corrected chi connectivity index (χ2v) is 6.79. The lowest BCUT2D eigenvalue weighted by Crippen LogP contribution is -2.44. The predicted octanol–water partition coefficient (Wildman–Crippen LogP) is 1.88. The van der Waals surface area contributed by atoms with Crippen LogP contribution < -0.4 is 15.5 Å². The Bertz CT molecular complexity index is 994. The number of anilines is 1. The molecule has 9 heteroatoms. The molecule has 30 heavy (non-hydrogen) atoms. The fourth-order valence-electron chi connectivity index (χ4n) is 2.85. The van der Waals surface area contributed by atoms with Crippen LogP contribution in [0.4, 0.5) is 10.5 Å². The van der Waals surface area contributed by atoms with Gasteiger partial charge >= 0.3 is 12.0 Å². The van der Waals surface area contributed by atoms with E-state index in [9.17, 15) is 24.0 Å². The van der Waals surface area contributed by atoms with Gasteiger partial charge < -0.3 is 10.1 Å². The van der Waals surface area contributed by atoms with E-state index in [-0.39, 0.29) is 11.6 Å². The van der Waals surface area contributed by atoms with Gasteiger partial charge in [0.2, 0.25) is 0 Å². The number of fused-ring (bicyclic) bond motifs is 1. The summed E-state index contributed by atoms with van der Waals surface area (Å²) in [4.78, 5) is 61.2. The smallest absolute Gasteiger partial charge is 0.338 e. The summed E-state index contributed by atoms with van der Waals surface area (Å²) in [5.74, 6) is -2.45. The van der Waals surface area contributed by atoms with Crippen molar-refractivity contribution in [3.8, 4) is 0 Å². The first-order chi connectivity index (χ1) is 14.3. The van der Waals surface area contributed by atoms with Crippen LogP contribution in [0.5, 0.6) is 0 Å². The Hall–Kier alpha value is -4.01. The standard InChI is InChI=1S/C21H19N3O6/c1-12(2)22-21(29)23-17(25)11-30-20(28)13-7-9-14(10-8-13)24-18(26)15-5-3-4-6-16(15)19(24)27/h3-10,12H,11H2,1-2H3,(H2,22,23,25,29). The van der Waals surface area contributed by atoms with E-state index in [1.54, 1.807) is 38.1 Å². The van der Waals surface area contributed by atoms with Gasteiger partial charge in [0.05, 0.1) is 22.4 Å². The number of imide groups is 2. The first-order valence-corrected chi connectivity index (χ1v) is 9.13. The highest BCUT2D eigenvalue weighted by Crippen LogP contribution is 2.28. The second-order valence-electron chi connectivity index (χ2n) is 6.79. The summed E-state index contributed by atoms with van der Waals surface area (Å²) >= 11 is 0. The van der Waals surface area contributed by atoms with E-state index < -0.39 is 36.3 Å². The van der Waals surface area contributed by atoms with Gasteiger partial charge in [-0.15, -0.1) is 0 Å². The molecule has 3 rings (SSSR count). The van der Waals surface area contributed by atoms with Crippen molar-refractivity contribution in [3.05, 3.63) is 65.2 Å². The van der Waals surface area contributed by atoms with E-state index in [4.69, 9.17) is 4.74 Å². The van der Waals surface area contributed by atoms with Crippen molar-refractivity contribution in [2.45, 2.75) is 19.9 Å². The van der Waals surface area contributed by atoms with Crippen LogP contribution in [0.2, 0.25) is 0 Å². The fourth-order valence-corrected chi connectivity index (χ4v) is 2.85. The molecular formula is C21H19N3O6. The first kappa shape index (κ1) is 20.7. The Morgan fingerprint density at radius 3 is 2.03 bits per heavy atom. The van der Waals surface area contributed by atoms with Crippen molar-refractivity contribution in [3.63, 3.8) is 0 Å². The molecule has 0 radical (unpaired) electrons. The molecule has 1 heterocycles. The van der Waals surface area contributed by atoms with Crippen molar-refractivity contribution in [1.82, 2.24) is 10.6 Å². The molecule has 1 aliphatic rings. The fraction of sp³-hybridized carbons (Fsp3) is 0.190. The summed E-state index contributed by atoms with van der Waals surface area (Å²) in [6, 6.07) is 11.3.